The second-order valence-corrected chi connectivity index (χ2v) is 9.45. The first kappa shape index (κ1) is 18.4. The minimum Gasteiger partial charge on any atom is -0.340 e. The van der Waals surface area contributed by atoms with Gasteiger partial charge in [0.05, 0.1) is 4.90 Å². The van der Waals surface area contributed by atoms with Crippen molar-refractivity contribution in [3.8, 4) is 0 Å². The molecule has 0 spiro atoms. The average Bonchev–Trinajstić information content (AvgIpc) is 2.84. The lowest BCUT2D eigenvalue weighted by Crippen LogP contribution is -2.50. The zero-order valence-electron chi connectivity index (χ0n) is 13.9. The van der Waals surface area contributed by atoms with E-state index in [9.17, 15) is 13.2 Å². The van der Waals surface area contributed by atoms with Crippen LogP contribution in [-0.4, -0.2) is 55.8 Å². The van der Waals surface area contributed by atoms with Gasteiger partial charge < -0.3 is 10.6 Å². The first-order chi connectivity index (χ1) is 10.7. The molecule has 8 heteroatoms. The predicted molar refractivity (Wildman–Crippen MR) is 92.0 cm³/mol. The first-order valence-corrected chi connectivity index (χ1v) is 10.1. The van der Waals surface area contributed by atoms with Crippen molar-refractivity contribution in [3.05, 3.63) is 15.8 Å². The molecule has 1 unspecified atom stereocenters. The standard InChI is InChI=1S/C15H25N3O3S2/c1-11(16)4-5-15(19)17-6-8-18(9-7-17)23(20,21)14-10-12(2)22-13(14)3/h10-11H,4-9,16H2,1-3H3. The molecule has 2 N–H and O–H groups in total. The lowest BCUT2D eigenvalue weighted by molar-refractivity contribution is -0.132. The summed E-state index contributed by atoms with van der Waals surface area (Å²) in [6.07, 6.45) is 1.08. The molecule has 1 aromatic rings. The first-order valence-electron chi connectivity index (χ1n) is 7.82. The number of thiophene rings is 1. The van der Waals surface area contributed by atoms with Crippen molar-refractivity contribution < 1.29 is 13.2 Å². The van der Waals surface area contributed by atoms with Crippen molar-refractivity contribution in [2.75, 3.05) is 26.2 Å². The Kier molecular flexibility index (Phi) is 5.83. The predicted octanol–water partition coefficient (Wildman–Crippen LogP) is 1.33. The molecule has 0 bridgehead atoms. The van der Waals surface area contributed by atoms with Gasteiger partial charge >= 0.3 is 0 Å². The van der Waals surface area contributed by atoms with Crippen LogP contribution in [0.25, 0.3) is 0 Å². The molecular weight excluding hydrogens is 334 g/mol. The van der Waals surface area contributed by atoms with Gasteiger partial charge in [-0.05, 0) is 33.3 Å². The van der Waals surface area contributed by atoms with Crippen LogP contribution in [-0.2, 0) is 14.8 Å². The molecule has 1 aromatic heterocycles. The quantitative estimate of drug-likeness (QED) is 0.859. The van der Waals surface area contributed by atoms with Crippen LogP contribution in [0.4, 0.5) is 0 Å². The fraction of sp³-hybridized carbons (Fsp3) is 0.667. The molecule has 1 aliphatic heterocycles. The fourth-order valence-corrected chi connectivity index (χ4v) is 5.64. The number of sulfonamides is 1. The third-order valence-corrected chi connectivity index (χ3v) is 7.14. The maximum Gasteiger partial charge on any atom is 0.244 e. The van der Waals surface area contributed by atoms with Crippen LogP contribution >= 0.6 is 11.3 Å². The van der Waals surface area contributed by atoms with Crippen molar-refractivity contribution in [1.29, 1.82) is 0 Å². The van der Waals surface area contributed by atoms with E-state index in [1.54, 1.807) is 11.0 Å². The SMILES string of the molecule is Cc1cc(S(=O)(=O)N2CCN(C(=O)CCC(C)N)CC2)c(C)s1. The summed E-state index contributed by atoms with van der Waals surface area (Å²) in [4.78, 5) is 16.0. The van der Waals surface area contributed by atoms with E-state index in [1.165, 1.54) is 15.6 Å². The molecule has 1 fully saturated rings. The van der Waals surface area contributed by atoms with Crippen LogP contribution < -0.4 is 5.73 Å². The van der Waals surface area contributed by atoms with Crippen LogP contribution in [0.2, 0.25) is 0 Å². The maximum atomic E-state index is 12.7. The van der Waals surface area contributed by atoms with Gasteiger partial charge in [-0.1, -0.05) is 0 Å². The summed E-state index contributed by atoms with van der Waals surface area (Å²) < 4.78 is 26.9. The van der Waals surface area contributed by atoms with Gasteiger partial charge in [-0.2, -0.15) is 4.31 Å². The molecule has 0 radical (unpaired) electrons. The Balaban J connectivity index is 1.98. The molecule has 2 heterocycles. The number of nitrogens with zero attached hydrogens (tertiary/aromatic N) is 2. The summed E-state index contributed by atoms with van der Waals surface area (Å²) >= 11 is 1.49. The number of carbonyl (C=O) groups excluding carboxylic acids is 1. The van der Waals surface area contributed by atoms with Crippen LogP contribution in [0.3, 0.4) is 0 Å². The second-order valence-electron chi connectivity index (χ2n) is 6.08. The number of hydrogen-bond acceptors (Lipinski definition) is 5. The van der Waals surface area contributed by atoms with Crippen molar-refractivity contribution in [1.82, 2.24) is 9.21 Å². The molecule has 23 heavy (non-hydrogen) atoms. The highest BCUT2D eigenvalue weighted by Gasteiger charge is 2.31. The lowest BCUT2D eigenvalue weighted by atomic mass is 10.2. The summed E-state index contributed by atoms with van der Waals surface area (Å²) in [6.45, 7) is 7.20. The Hall–Kier alpha value is -0.960. The Morgan fingerprint density at radius 1 is 1.30 bits per heavy atom. The highest BCUT2D eigenvalue weighted by Crippen LogP contribution is 2.28. The molecule has 0 aromatic carbocycles. The summed E-state index contributed by atoms with van der Waals surface area (Å²) in [5.74, 6) is 0.0573. The van der Waals surface area contributed by atoms with Gasteiger partial charge in [-0.25, -0.2) is 8.42 Å². The minimum atomic E-state index is -3.46. The third kappa shape index (κ3) is 4.32. The lowest BCUT2D eigenvalue weighted by Gasteiger charge is -2.34. The van der Waals surface area contributed by atoms with Gasteiger partial charge in [0.25, 0.3) is 0 Å². The van der Waals surface area contributed by atoms with Crippen molar-refractivity contribution in [2.24, 2.45) is 5.73 Å². The van der Waals surface area contributed by atoms with Crippen LogP contribution in [0.15, 0.2) is 11.0 Å². The summed E-state index contributed by atoms with van der Waals surface area (Å²) in [6, 6.07) is 1.74. The van der Waals surface area contributed by atoms with Gasteiger partial charge in [0.15, 0.2) is 0 Å². The van der Waals surface area contributed by atoms with Crippen molar-refractivity contribution in [3.63, 3.8) is 0 Å². The molecule has 6 nitrogen and oxygen atoms in total. The molecule has 0 aliphatic carbocycles. The molecular formula is C15H25N3O3S2. The fourth-order valence-electron chi connectivity index (χ4n) is 2.69. The zero-order chi connectivity index (χ0) is 17.2. The largest absolute Gasteiger partial charge is 0.340 e. The molecule has 2 rings (SSSR count). The normalized spacial score (nSPS) is 18.2. The van der Waals surface area contributed by atoms with Gasteiger partial charge in [0.2, 0.25) is 15.9 Å². The summed E-state index contributed by atoms with van der Waals surface area (Å²) in [5, 5.41) is 0. The number of piperazine rings is 1. The van der Waals surface area contributed by atoms with E-state index >= 15 is 0 Å². The average molecular weight is 360 g/mol. The topological polar surface area (TPSA) is 83.7 Å². The van der Waals surface area contributed by atoms with E-state index in [1.807, 2.05) is 20.8 Å². The Labute approximate surface area is 142 Å². The maximum absolute atomic E-state index is 12.7. The van der Waals surface area contributed by atoms with Gasteiger partial charge in [0.1, 0.15) is 0 Å². The van der Waals surface area contributed by atoms with E-state index in [-0.39, 0.29) is 11.9 Å². The number of carbonyl (C=O) groups is 1. The molecule has 1 aliphatic rings. The number of nitrogens with two attached hydrogens (primary N) is 1. The van der Waals surface area contributed by atoms with Crippen LogP contribution in [0, 0.1) is 13.8 Å². The molecule has 1 saturated heterocycles. The van der Waals surface area contributed by atoms with Gasteiger partial charge in [-0.15, -0.1) is 11.3 Å². The molecule has 0 saturated carbocycles. The molecule has 130 valence electrons. The van der Waals surface area contributed by atoms with E-state index in [2.05, 4.69) is 0 Å². The van der Waals surface area contributed by atoms with Gasteiger partial charge in [0, 0.05) is 48.4 Å². The molecule has 1 atom stereocenters. The second kappa shape index (κ2) is 7.29. The van der Waals surface area contributed by atoms with Crippen molar-refractivity contribution >= 4 is 27.3 Å². The smallest absolute Gasteiger partial charge is 0.244 e. The highest BCUT2D eigenvalue weighted by molar-refractivity contribution is 7.89. The van der Waals surface area contributed by atoms with E-state index in [0.717, 1.165) is 9.75 Å². The zero-order valence-corrected chi connectivity index (χ0v) is 15.5. The number of hydrogen-bond donors (Lipinski definition) is 1. The van der Waals surface area contributed by atoms with E-state index < -0.39 is 10.0 Å². The highest BCUT2D eigenvalue weighted by atomic mass is 32.2. The Bertz CT molecular complexity index is 660. The molecule has 1 amide bonds. The number of amides is 1. The monoisotopic (exact) mass is 359 g/mol. The van der Waals surface area contributed by atoms with E-state index in [0.29, 0.717) is 43.9 Å². The number of rotatable bonds is 5. The van der Waals surface area contributed by atoms with E-state index in [4.69, 9.17) is 5.73 Å². The Morgan fingerprint density at radius 3 is 2.39 bits per heavy atom. The minimum absolute atomic E-state index is 0.00502. The summed E-state index contributed by atoms with van der Waals surface area (Å²) in [7, 11) is -3.46. The Morgan fingerprint density at radius 2 is 1.91 bits per heavy atom. The van der Waals surface area contributed by atoms with Crippen LogP contribution in [0.1, 0.15) is 29.5 Å². The third-order valence-electron chi connectivity index (χ3n) is 4.02. The van der Waals surface area contributed by atoms with Gasteiger partial charge in [-0.3, -0.25) is 4.79 Å². The van der Waals surface area contributed by atoms with Crippen LogP contribution in [0.5, 0.6) is 0 Å². The van der Waals surface area contributed by atoms with Crippen molar-refractivity contribution in [2.45, 2.75) is 44.6 Å². The number of aryl methyl sites for hydroxylation is 2. The summed E-state index contributed by atoms with van der Waals surface area (Å²) in [5.41, 5.74) is 5.67.